The molecule has 0 aromatic carbocycles. The molecule has 1 aliphatic carbocycles. The largest absolute Gasteiger partial charge is 0.480 e. The van der Waals surface area contributed by atoms with Crippen LogP contribution in [0.1, 0.15) is 103 Å². The minimum atomic E-state index is -1.32. The number of hydrogen-bond acceptors (Lipinski definition) is 9. The zero-order chi connectivity index (χ0) is 35.8. The normalized spacial score (nSPS) is 16.4. The number of amides is 5. The van der Waals surface area contributed by atoms with Crippen LogP contribution in [-0.2, 0) is 28.8 Å². The molecular weight excluding hydrogens is 622 g/mol. The summed E-state index contributed by atoms with van der Waals surface area (Å²) in [6, 6.07) is -4.35. The first kappa shape index (κ1) is 39.7. The Morgan fingerprint density at radius 3 is 2.02 bits per heavy atom. The summed E-state index contributed by atoms with van der Waals surface area (Å²) in [4.78, 5) is 97.6. The second-order valence-electron chi connectivity index (χ2n) is 12.8. The number of carbonyl (C=O) groups is 7. The monoisotopic (exact) mass is 673 g/mol. The molecule has 1 heterocycles. The van der Waals surface area contributed by atoms with Gasteiger partial charge in [-0.05, 0) is 37.0 Å². The number of Topliss-reactive ketones (excluding diaryl/α,β-unsaturated/α-hetero) is 1. The van der Waals surface area contributed by atoms with E-state index in [-0.39, 0.29) is 36.3 Å². The molecule has 0 saturated heterocycles. The van der Waals surface area contributed by atoms with Gasteiger partial charge in [0.05, 0.1) is 12.2 Å². The van der Waals surface area contributed by atoms with E-state index in [0.717, 1.165) is 32.1 Å². The van der Waals surface area contributed by atoms with Crippen molar-refractivity contribution in [1.82, 2.24) is 36.6 Å². The maximum atomic E-state index is 13.9. The van der Waals surface area contributed by atoms with E-state index in [0.29, 0.717) is 12.8 Å². The zero-order valence-electron chi connectivity index (χ0n) is 28.5. The molecule has 0 radical (unpaired) electrons. The number of aliphatic carboxylic acids is 1. The van der Waals surface area contributed by atoms with E-state index >= 15 is 0 Å². The van der Waals surface area contributed by atoms with Crippen LogP contribution in [0.5, 0.6) is 0 Å². The Labute approximate surface area is 281 Å². The first-order valence-corrected chi connectivity index (χ1v) is 16.8. The van der Waals surface area contributed by atoms with Crippen molar-refractivity contribution in [3.05, 3.63) is 24.3 Å². The van der Waals surface area contributed by atoms with Crippen molar-refractivity contribution in [3.8, 4) is 0 Å². The van der Waals surface area contributed by atoms with Gasteiger partial charge < -0.3 is 31.7 Å². The Hall–Kier alpha value is -4.43. The fourth-order valence-corrected chi connectivity index (χ4v) is 5.58. The molecule has 1 aromatic heterocycles. The Morgan fingerprint density at radius 2 is 1.46 bits per heavy atom. The molecule has 0 spiro atoms. The number of ketones is 1. The van der Waals surface area contributed by atoms with Gasteiger partial charge in [0.1, 0.15) is 30.4 Å². The third-order valence-electron chi connectivity index (χ3n) is 8.51. The van der Waals surface area contributed by atoms with Gasteiger partial charge in [0.2, 0.25) is 23.5 Å². The van der Waals surface area contributed by atoms with Crippen molar-refractivity contribution in [2.24, 2.45) is 17.8 Å². The number of nitrogens with zero attached hydrogens (tertiary/aromatic N) is 2. The molecule has 266 valence electrons. The fourth-order valence-electron chi connectivity index (χ4n) is 5.58. The molecule has 2 rings (SSSR count). The topological polar surface area (TPSA) is 226 Å². The first-order chi connectivity index (χ1) is 22.8. The van der Waals surface area contributed by atoms with Crippen LogP contribution >= 0.6 is 0 Å². The molecule has 15 nitrogen and oxygen atoms in total. The van der Waals surface area contributed by atoms with Crippen LogP contribution in [0.15, 0.2) is 18.6 Å². The maximum Gasteiger partial charge on any atom is 0.322 e. The third-order valence-corrected chi connectivity index (χ3v) is 8.51. The molecule has 5 atom stereocenters. The zero-order valence-corrected chi connectivity index (χ0v) is 28.5. The van der Waals surface area contributed by atoms with Gasteiger partial charge in [-0.25, -0.2) is 4.98 Å². The van der Waals surface area contributed by atoms with Crippen molar-refractivity contribution < 1.29 is 38.7 Å². The number of aromatic nitrogens is 2. The second kappa shape index (κ2) is 20.1. The molecule has 1 saturated carbocycles. The lowest BCUT2D eigenvalue weighted by atomic mass is 9.84. The Balaban J connectivity index is 2.27. The van der Waals surface area contributed by atoms with Gasteiger partial charge in [-0.3, -0.25) is 38.5 Å². The minimum absolute atomic E-state index is 0.0165. The Morgan fingerprint density at radius 1 is 0.812 bits per heavy atom. The van der Waals surface area contributed by atoms with Crippen LogP contribution in [0.3, 0.4) is 0 Å². The van der Waals surface area contributed by atoms with Crippen molar-refractivity contribution in [2.75, 3.05) is 6.54 Å². The second-order valence-corrected chi connectivity index (χ2v) is 12.8. The maximum absolute atomic E-state index is 13.9. The molecule has 6 N–H and O–H groups in total. The number of hydrogen-bond donors (Lipinski definition) is 6. The number of carboxylic acids is 1. The van der Waals surface area contributed by atoms with Crippen molar-refractivity contribution >= 4 is 41.3 Å². The predicted octanol–water partition coefficient (Wildman–Crippen LogP) is 1.27. The van der Waals surface area contributed by atoms with Gasteiger partial charge in [-0.2, -0.15) is 0 Å². The molecular formula is C33H51N7O8. The lowest BCUT2D eigenvalue weighted by molar-refractivity contribution is -0.143. The van der Waals surface area contributed by atoms with Crippen LogP contribution < -0.4 is 26.6 Å². The number of carbonyl (C=O) groups excluding carboxylic acids is 6. The smallest absolute Gasteiger partial charge is 0.322 e. The van der Waals surface area contributed by atoms with Gasteiger partial charge >= 0.3 is 5.97 Å². The number of rotatable bonds is 19. The quantitative estimate of drug-likeness (QED) is 0.115. The molecule has 1 aromatic rings. The predicted molar refractivity (Wildman–Crippen MR) is 175 cm³/mol. The Kier molecular flexibility index (Phi) is 16.6. The van der Waals surface area contributed by atoms with Crippen LogP contribution in [0.4, 0.5) is 0 Å². The SMILES string of the molecule is CCC(NC(=O)[C@H](CC1CCCCC1)NC(=O)[C@@H](NC(=O)[C@H](CC(C)C)NC(=O)c1cnccn1)C(C)CC)C(=O)C(=O)NCC(=O)O. The van der Waals surface area contributed by atoms with Crippen molar-refractivity contribution in [3.63, 3.8) is 0 Å². The summed E-state index contributed by atoms with van der Waals surface area (Å²) in [5, 5.41) is 21.7. The molecule has 0 bridgehead atoms. The lowest BCUT2D eigenvalue weighted by Crippen LogP contribution is -2.60. The highest BCUT2D eigenvalue weighted by molar-refractivity contribution is 6.38. The van der Waals surface area contributed by atoms with Crippen molar-refractivity contribution in [1.29, 1.82) is 0 Å². The molecule has 15 heteroatoms. The summed E-state index contributed by atoms with van der Waals surface area (Å²) in [6.45, 7) is 8.28. The van der Waals surface area contributed by atoms with E-state index in [9.17, 15) is 33.6 Å². The average molecular weight is 674 g/mol. The highest BCUT2D eigenvalue weighted by atomic mass is 16.4. The van der Waals surface area contributed by atoms with E-state index in [4.69, 9.17) is 5.11 Å². The minimum Gasteiger partial charge on any atom is -0.480 e. The fraction of sp³-hybridized carbons (Fsp3) is 0.667. The number of nitrogens with one attached hydrogen (secondary N) is 5. The highest BCUT2D eigenvalue weighted by Gasteiger charge is 2.35. The van der Waals surface area contributed by atoms with Crippen LogP contribution in [-0.4, -0.2) is 87.1 Å². The van der Waals surface area contributed by atoms with Gasteiger partial charge in [-0.1, -0.05) is 73.1 Å². The Bertz CT molecular complexity index is 1270. The molecule has 48 heavy (non-hydrogen) atoms. The average Bonchev–Trinajstić information content (AvgIpc) is 3.07. The third kappa shape index (κ3) is 13.0. The van der Waals surface area contributed by atoms with Crippen LogP contribution in [0.2, 0.25) is 0 Å². The summed E-state index contributed by atoms with van der Waals surface area (Å²) in [7, 11) is 0. The molecule has 0 aliphatic heterocycles. The molecule has 1 fully saturated rings. The lowest BCUT2D eigenvalue weighted by Gasteiger charge is -2.31. The first-order valence-electron chi connectivity index (χ1n) is 16.8. The molecule has 2 unspecified atom stereocenters. The van der Waals surface area contributed by atoms with Crippen LogP contribution in [0, 0.1) is 17.8 Å². The summed E-state index contributed by atoms with van der Waals surface area (Å²) in [6.07, 6.45) is 9.97. The highest BCUT2D eigenvalue weighted by Crippen LogP contribution is 2.27. The van der Waals surface area contributed by atoms with E-state index in [1.54, 1.807) is 13.8 Å². The van der Waals surface area contributed by atoms with Gasteiger partial charge in [0.25, 0.3) is 11.8 Å². The van der Waals surface area contributed by atoms with E-state index < -0.39 is 72.0 Å². The van der Waals surface area contributed by atoms with Crippen molar-refractivity contribution in [2.45, 2.75) is 117 Å². The van der Waals surface area contributed by atoms with Gasteiger partial charge in [0, 0.05) is 12.4 Å². The summed E-state index contributed by atoms with van der Waals surface area (Å²) in [5.74, 6) is -6.10. The van der Waals surface area contributed by atoms with E-state index in [1.165, 1.54) is 18.6 Å². The van der Waals surface area contributed by atoms with E-state index in [1.807, 2.05) is 26.1 Å². The van der Waals surface area contributed by atoms with Gasteiger partial charge in [-0.15, -0.1) is 0 Å². The summed E-state index contributed by atoms with van der Waals surface area (Å²) >= 11 is 0. The molecule has 1 aliphatic rings. The van der Waals surface area contributed by atoms with Crippen LogP contribution in [0.25, 0.3) is 0 Å². The summed E-state index contributed by atoms with van der Waals surface area (Å²) in [5.41, 5.74) is 0.0371. The van der Waals surface area contributed by atoms with E-state index in [2.05, 4.69) is 31.2 Å². The standard InChI is InChI=1S/C33H51N7O8/c1-6-20(5)27(40-30(45)23(15-19(3)4)38-31(46)25-17-34-13-14-35-25)32(47)39-24(16-21-11-9-8-10-12-21)29(44)37-22(7-2)28(43)33(48)36-18-26(41)42/h13-14,17,19-24,27H,6-12,15-16,18H2,1-5H3,(H,36,48)(H,37,44)(H,38,46)(H,39,47)(H,40,45)(H,41,42)/t20?,22?,23-,24-,27-/m0/s1. The summed E-state index contributed by atoms with van der Waals surface area (Å²) < 4.78 is 0. The van der Waals surface area contributed by atoms with Gasteiger partial charge in [0.15, 0.2) is 0 Å². The molecule has 5 amide bonds. The number of carboxylic acid groups (broad SMARTS) is 1.